The van der Waals surface area contributed by atoms with Gasteiger partial charge < -0.3 is 10.8 Å². The first-order valence-electron chi connectivity index (χ1n) is 5.39. The van der Waals surface area contributed by atoms with Crippen molar-refractivity contribution in [3.63, 3.8) is 0 Å². The van der Waals surface area contributed by atoms with Gasteiger partial charge in [-0.2, -0.15) is 0 Å². The largest absolute Gasteiger partial charge is 0.481 e. The van der Waals surface area contributed by atoms with Crippen LogP contribution in [0, 0.1) is 11.3 Å². The maximum atomic E-state index is 11.0. The van der Waals surface area contributed by atoms with Gasteiger partial charge in [0.2, 0.25) is 5.91 Å². The SMILES string of the molecule is CC(C)CN(CC(N)=O)CC(C)(C)C(=O)O. The highest BCUT2D eigenvalue weighted by Gasteiger charge is 2.30. The van der Waals surface area contributed by atoms with Crippen LogP contribution in [0.15, 0.2) is 0 Å². The van der Waals surface area contributed by atoms with E-state index in [2.05, 4.69) is 0 Å². The third kappa shape index (κ3) is 5.70. The minimum Gasteiger partial charge on any atom is -0.481 e. The Morgan fingerprint density at radius 2 is 1.88 bits per heavy atom. The average Bonchev–Trinajstić information content (AvgIpc) is 1.99. The van der Waals surface area contributed by atoms with Crippen molar-refractivity contribution in [1.29, 1.82) is 0 Å². The van der Waals surface area contributed by atoms with E-state index in [0.717, 1.165) is 0 Å². The zero-order valence-corrected chi connectivity index (χ0v) is 10.5. The van der Waals surface area contributed by atoms with Crippen LogP contribution in [0.4, 0.5) is 0 Å². The molecule has 0 aliphatic carbocycles. The number of carboxylic acid groups (broad SMARTS) is 1. The highest BCUT2D eigenvalue weighted by molar-refractivity contribution is 5.76. The van der Waals surface area contributed by atoms with Crippen LogP contribution < -0.4 is 5.73 Å². The molecule has 0 saturated heterocycles. The number of aliphatic carboxylic acids is 1. The van der Waals surface area contributed by atoms with Crippen LogP contribution in [0.2, 0.25) is 0 Å². The third-order valence-electron chi connectivity index (χ3n) is 2.20. The Kier molecular flexibility index (Phi) is 5.44. The van der Waals surface area contributed by atoms with Crippen LogP contribution in [-0.4, -0.2) is 41.5 Å². The fourth-order valence-corrected chi connectivity index (χ4v) is 1.55. The average molecular weight is 230 g/mol. The number of carbonyl (C=O) groups is 2. The van der Waals surface area contributed by atoms with Crippen LogP contribution in [0.25, 0.3) is 0 Å². The van der Waals surface area contributed by atoms with Crippen LogP contribution in [0.5, 0.6) is 0 Å². The van der Waals surface area contributed by atoms with Crippen molar-refractivity contribution in [3.8, 4) is 0 Å². The summed E-state index contributed by atoms with van der Waals surface area (Å²) in [5, 5.41) is 9.02. The Morgan fingerprint density at radius 1 is 1.38 bits per heavy atom. The molecule has 0 aromatic carbocycles. The number of hydrogen-bond acceptors (Lipinski definition) is 3. The van der Waals surface area contributed by atoms with E-state index in [1.54, 1.807) is 18.7 Å². The lowest BCUT2D eigenvalue weighted by Crippen LogP contribution is -2.44. The molecule has 0 rings (SSSR count). The van der Waals surface area contributed by atoms with Crippen molar-refractivity contribution in [3.05, 3.63) is 0 Å². The monoisotopic (exact) mass is 230 g/mol. The minimum absolute atomic E-state index is 0.106. The number of nitrogens with two attached hydrogens (primary N) is 1. The second kappa shape index (κ2) is 5.84. The zero-order valence-electron chi connectivity index (χ0n) is 10.5. The molecule has 0 spiro atoms. The van der Waals surface area contributed by atoms with Gasteiger partial charge in [0, 0.05) is 13.1 Å². The van der Waals surface area contributed by atoms with Crippen LogP contribution in [-0.2, 0) is 9.59 Å². The van der Waals surface area contributed by atoms with Gasteiger partial charge in [-0.3, -0.25) is 14.5 Å². The van der Waals surface area contributed by atoms with E-state index in [1.807, 2.05) is 13.8 Å². The van der Waals surface area contributed by atoms with Crippen molar-refractivity contribution < 1.29 is 14.7 Å². The van der Waals surface area contributed by atoms with E-state index < -0.39 is 17.3 Å². The van der Waals surface area contributed by atoms with Crippen molar-refractivity contribution in [2.45, 2.75) is 27.7 Å². The fourth-order valence-electron chi connectivity index (χ4n) is 1.55. The van der Waals surface area contributed by atoms with Gasteiger partial charge in [0.1, 0.15) is 0 Å². The van der Waals surface area contributed by atoms with Gasteiger partial charge in [0.05, 0.1) is 12.0 Å². The number of carbonyl (C=O) groups excluding carboxylic acids is 1. The Hall–Kier alpha value is -1.10. The summed E-state index contributed by atoms with van der Waals surface area (Å²) >= 11 is 0. The Labute approximate surface area is 96.6 Å². The van der Waals surface area contributed by atoms with Gasteiger partial charge >= 0.3 is 5.97 Å². The van der Waals surface area contributed by atoms with Crippen molar-refractivity contribution >= 4 is 11.9 Å². The first-order valence-corrected chi connectivity index (χ1v) is 5.39. The van der Waals surface area contributed by atoms with E-state index in [4.69, 9.17) is 10.8 Å². The van der Waals surface area contributed by atoms with Crippen LogP contribution >= 0.6 is 0 Å². The molecule has 3 N–H and O–H groups in total. The molecule has 94 valence electrons. The summed E-state index contributed by atoms with van der Waals surface area (Å²) in [4.78, 5) is 23.7. The van der Waals surface area contributed by atoms with Crippen molar-refractivity contribution in [2.75, 3.05) is 19.6 Å². The molecule has 0 aromatic heterocycles. The Balaban J connectivity index is 4.52. The Bertz CT molecular complexity index is 262. The number of rotatable bonds is 7. The first kappa shape index (κ1) is 14.9. The van der Waals surface area contributed by atoms with E-state index in [1.165, 1.54) is 0 Å². The molecule has 0 saturated carbocycles. The summed E-state index contributed by atoms with van der Waals surface area (Å²) in [5.74, 6) is -0.934. The number of hydrogen-bond donors (Lipinski definition) is 2. The number of carboxylic acids is 1. The van der Waals surface area contributed by atoms with E-state index in [-0.39, 0.29) is 6.54 Å². The Morgan fingerprint density at radius 3 is 2.19 bits per heavy atom. The molecule has 0 fully saturated rings. The van der Waals surface area contributed by atoms with Gasteiger partial charge in [0.15, 0.2) is 0 Å². The smallest absolute Gasteiger partial charge is 0.310 e. The molecule has 0 unspecified atom stereocenters. The predicted molar refractivity (Wildman–Crippen MR) is 61.9 cm³/mol. The summed E-state index contributed by atoms with van der Waals surface area (Å²) in [6.45, 7) is 8.41. The normalized spacial score (nSPS) is 12.1. The lowest BCUT2D eigenvalue weighted by atomic mass is 9.92. The van der Waals surface area contributed by atoms with Gasteiger partial charge in [-0.25, -0.2) is 0 Å². The topological polar surface area (TPSA) is 83.6 Å². The summed E-state index contributed by atoms with van der Waals surface area (Å²) in [6.07, 6.45) is 0. The first-order chi connectivity index (χ1) is 7.15. The highest BCUT2D eigenvalue weighted by Crippen LogP contribution is 2.17. The highest BCUT2D eigenvalue weighted by atomic mass is 16.4. The molecule has 0 heterocycles. The van der Waals surface area contributed by atoms with Crippen molar-refractivity contribution in [1.82, 2.24) is 4.90 Å². The van der Waals surface area contributed by atoms with E-state index in [9.17, 15) is 9.59 Å². The number of amides is 1. The molecule has 5 nitrogen and oxygen atoms in total. The molecule has 0 aliphatic rings. The van der Waals surface area contributed by atoms with Gasteiger partial charge in [0.25, 0.3) is 0 Å². The fraction of sp³-hybridized carbons (Fsp3) is 0.818. The summed E-state index contributed by atoms with van der Waals surface area (Å²) in [7, 11) is 0. The molecule has 0 bridgehead atoms. The molecular weight excluding hydrogens is 208 g/mol. The predicted octanol–water partition coefficient (Wildman–Crippen LogP) is 0.540. The van der Waals surface area contributed by atoms with Crippen LogP contribution in [0.1, 0.15) is 27.7 Å². The molecule has 0 aliphatic heterocycles. The van der Waals surface area contributed by atoms with E-state index >= 15 is 0 Å². The maximum Gasteiger partial charge on any atom is 0.310 e. The third-order valence-corrected chi connectivity index (χ3v) is 2.20. The summed E-state index contributed by atoms with van der Waals surface area (Å²) in [6, 6.07) is 0. The quantitative estimate of drug-likeness (QED) is 0.668. The molecule has 16 heavy (non-hydrogen) atoms. The van der Waals surface area contributed by atoms with Crippen molar-refractivity contribution in [2.24, 2.45) is 17.1 Å². The second-order valence-corrected chi connectivity index (χ2v) is 5.22. The zero-order chi connectivity index (χ0) is 12.9. The summed E-state index contributed by atoms with van der Waals surface area (Å²) < 4.78 is 0. The van der Waals surface area contributed by atoms with Gasteiger partial charge in [-0.05, 0) is 19.8 Å². The number of primary amides is 1. The van der Waals surface area contributed by atoms with Crippen LogP contribution in [0.3, 0.4) is 0 Å². The maximum absolute atomic E-state index is 11.0. The molecule has 0 atom stereocenters. The minimum atomic E-state index is -0.871. The summed E-state index contributed by atoms with van der Waals surface area (Å²) in [5.41, 5.74) is 4.27. The van der Waals surface area contributed by atoms with Gasteiger partial charge in [-0.15, -0.1) is 0 Å². The molecular formula is C11H22N2O3. The second-order valence-electron chi connectivity index (χ2n) is 5.22. The lowest BCUT2D eigenvalue weighted by Gasteiger charge is -2.29. The molecule has 0 radical (unpaired) electrons. The molecule has 1 amide bonds. The van der Waals surface area contributed by atoms with E-state index in [0.29, 0.717) is 19.0 Å². The molecule has 0 aromatic rings. The number of nitrogens with zero attached hydrogens (tertiary/aromatic N) is 1. The standard InChI is InChI=1S/C11H22N2O3/c1-8(2)5-13(6-9(12)14)7-11(3,4)10(15)16/h8H,5-7H2,1-4H3,(H2,12,14)(H,15,16). The van der Waals surface area contributed by atoms with Gasteiger partial charge in [-0.1, -0.05) is 13.8 Å². The lowest BCUT2D eigenvalue weighted by molar-refractivity contribution is -0.148. The molecule has 5 heteroatoms.